The van der Waals surface area contributed by atoms with E-state index < -0.39 is 0 Å². The van der Waals surface area contributed by atoms with Gasteiger partial charge in [0.2, 0.25) is 0 Å². The van der Waals surface area contributed by atoms with E-state index in [1.54, 1.807) is 0 Å². The number of nitrogens with one attached hydrogen (secondary N) is 1. The molecule has 0 aromatic rings. The van der Waals surface area contributed by atoms with E-state index in [9.17, 15) is 0 Å². The Morgan fingerprint density at radius 3 is 2.00 bits per heavy atom. The Hall–Kier alpha value is -0.0400. The van der Waals surface area contributed by atoms with Gasteiger partial charge in [-0.2, -0.15) is 0 Å². The molecule has 2 fully saturated rings. The molecule has 2 aliphatic rings. The van der Waals surface area contributed by atoms with Crippen molar-refractivity contribution in [2.24, 2.45) is 23.2 Å². The molecule has 0 spiro atoms. The van der Waals surface area contributed by atoms with Crippen molar-refractivity contribution in [2.45, 2.75) is 72.3 Å². The van der Waals surface area contributed by atoms with Crippen molar-refractivity contribution < 1.29 is 0 Å². The third-order valence-corrected chi connectivity index (χ3v) is 5.40. The summed E-state index contributed by atoms with van der Waals surface area (Å²) in [5.74, 6) is 2.74. The van der Waals surface area contributed by atoms with E-state index in [1.165, 1.54) is 38.6 Å². The molecule has 0 radical (unpaired) electrons. The zero-order valence-corrected chi connectivity index (χ0v) is 12.5. The summed E-state index contributed by atoms with van der Waals surface area (Å²) >= 11 is 0. The highest BCUT2D eigenvalue weighted by atomic mass is 15.0. The monoisotopic (exact) mass is 237 g/mol. The Labute approximate surface area is 108 Å². The van der Waals surface area contributed by atoms with Crippen molar-refractivity contribution in [3.63, 3.8) is 0 Å². The Morgan fingerprint density at radius 2 is 1.59 bits per heavy atom. The maximum Gasteiger partial charge on any atom is 0.0258 e. The predicted octanol–water partition coefficient (Wildman–Crippen LogP) is 4.23. The van der Waals surface area contributed by atoms with E-state index in [0.29, 0.717) is 11.0 Å². The molecule has 0 amide bonds. The van der Waals surface area contributed by atoms with Crippen molar-refractivity contribution >= 4 is 0 Å². The molecule has 1 saturated carbocycles. The van der Waals surface area contributed by atoms with Crippen molar-refractivity contribution in [1.29, 1.82) is 0 Å². The van der Waals surface area contributed by atoms with Crippen molar-refractivity contribution in [3.05, 3.63) is 0 Å². The molecule has 1 aliphatic carbocycles. The number of rotatable bonds is 1. The van der Waals surface area contributed by atoms with E-state index in [4.69, 9.17) is 0 Å². The SMILES string of the molecule is CC1CC(C)CC(C2(C(C)(C)C)CCCN2)C1. The average Bonchev–Trinajstić information content (AvgIpc) is 2.64. The van der Waals surface area contributed by atoms with E-state index in [0.717, 1.165) is 17.8 Å². The smallest absolute Gasteiger partial charge is 0.0258 e. The summed E-state index contributed by atoms with van der Waals surface area (Å²) in [6.45, 7) is 13.5. The first-order valence-corrected chi connectivity index (χ1v) is 7.60. The molecule has 100 valence electrons. The first kappa shape index (κ1) is 13.4. The van der Waals surface area contributed by atoms with Crippen LogP contribution in [0.3, 0.4) is 0 Å². The fourth-order valence-electron chi connectivity index (χ4n) is 4.72. The number of hydrogen-bond acceptors (Lipinski definition) is 1. The maximum absolute atomic E-state index is 3.92. The lowest BCUT2D eigenvalue weighted by molar-refractivity contribution is 0.0360. The van der Waals surface area contributed by atoms with Gasteiger partial charge < -0.3 is 5.32 Å². The lowest BCUT2D eigenvalue weighted by atomic mass is 9.59. The van der Waals surface area contributed by atoms with Crippen molar-refractivity contribution in [1.82, 2.24) is 5.32 Å². The largest absolute Gasteiger partial charge is 0.310 e. The third-order valence-electron chi connectivity index (χ3n) is 5.40. The summed E-state index contributed by atoms with van der Waals surface area (Å²) in [4.78, 5) is 0. The van der Waals surface area contributed by atoms with Crippen LogP contribution in [0, 0.1) is 23.2 Å². The number of hydrogen-bond donors (Lipinski definition) is 1. The summed E-state index contributed by atoms with van der Waals surface area (Å²) < 4.78 is 0. The Morgan fingerprint density at radius 1 is 1.00 bits per heavy atom. The zero-order valence-electron chi connectivity index (χ0n) is 12.5. The van der Waals surface area contributed by atoms with Crippen molar-refractivity contribution in [3.8, 4) is 0 Å². The molecule has 1 saturated heterocycles. The molecule has 3 unspecified atom stereocenters. The van der Waals surface area contributed by atoms with Gasteiger partial charge in [-0.15, -0.1) is 0 Å². The van der Waals surface area contributed by atoms with Crippen LogP contribution < -0.4 is 5.32 Å². The second kappa shape index (κ2) is 4.57. The lowest BCUT2D eigenvalue weighted by Crippen LogP contribution is -2.57. The minimum atomic E-state index is 0.394. The third kappa shape index (κ3) is 2.41. The fraction of sp³-hybridized carbons (Fsp3) is 1.00. The van der Waals surface area contributed by atoms with Crippen LogP contribution in [0.2, 0.25) is 0 Å². The van der Waals surface area contributed by atoms with Gasteiger partial charge in [-0.25, -0.2) is 0 Å². The minimum Gasteiger partial charge on any atom is -0.310 e. The van der Waals surface area contributed by atoms with Crippen LogP contribution in [0.4, 0.5) is 0 Å². The average molecular weight is 237 g/mol. The standard InChI is InChI=1S/C16H31N/c1-12-9-13(2)11-14(10-12)16(15(3,4)5)7-6-8-17-16/h12-14,17H,6-11H2,1-5H3. The van der Waals surface area contributed by atoms with Crippen LogP contribution in [0.1, 0.15) is 66.7 Å². The van der Waals surface area contributed by atoms with Gasteiger partial charge in [-0.1, -0.05) is 34.6 Å². The van der Waals surface area contributed by atoms with Gasteiger partial charge in [-0.3, -0.25) is 0 Å². The maximum atomic E-state index is 3.92. The normalized spacial score (nSPS) is 43.9. The van der Waals surface area contributed by atoms with Gasteiger partial charge in [0, 0.05) is 5.54 Å². The topological polar surface area (TPSA) is 12.0 Å². The van der Waals surface area contributed by atoms with E-state index in [1.807, 2.05) is 0 Å². The van der Waals surface area contributed by atoms with Gasteiger partial charge in [0.1, 0.15) is 0 Å². The summed E-state index contributed by atoms with van der Waals surface area (Å²) in [5.41, 5.74) is 0.806. The summed E-state index contributed by atoms with van der Waals surface area (Å²) in [5, 5.41) is 3.92. The van der Waals surface area contributed by atoms with E-state index in [2.05, 4.69) is 39.9 Å². The molecule has 1 heteroatoms. The van der Waals surface area contributed by atoms with Gasteiger partial charge in [-0.05, 0) is 61.8 Å². The molecular weight excluding hydrogens is 206 g/mol. The van der Waals surface area contributed by atoms with Crippen LogP contribution in [-0.2, 0) is 0 Å². The Balaban J connectivity index is 2.22. The molecular formula is C16H31N. The first-order valence-electron chi connectivity index (χ1n) is 7.60. The lowest BCUT2D eigenvalue weighted by Gasteiger charge is -2.51. The first-order chi connectivity index (χ1) is 7.85. The summed E-state index contributed by atoms with van der Waals surface area (Å²) in [6.07, 6.45) is 7.08. The van der Waals surface area contributed by atoms with Crippen LogP contribution in [0.5, 0.6) is 0 Å². The molecule has 1 aliphatic heterocycles. The quantitative estimate of drug-likeness (QED) is 0.720. The van der Waals surface area contributed by atoms with Gasteiger partial charge in [0.25, 0.3) is 0 Å². The molecule has 1 N–H and O–H groups in total. The molecule has 1 heterocycles. The van der Waals surface area contributed by atoms with Crippen LogP contribution >= 0.6 is 0 Å². The second-order valence-corrected chi connectivity index (χ2v) is 7.87. The minimum absolute atomic E-state index is 0.394. The van der Waals surface area contributed by atoms with Crippen molar-refractivity contribution in [2.75, 3.05) is 6.54 Å². The highest BCUT2D eigenvalue weighted by Gasteiger charge is 2.50. The Bertz CT molecular complexity index is 247. The molecule has 2 rings (SSSR count). The summed E-state index contributed by atoms with van der Waals surface area (Å²) in [7, 11) is 0. The zero-order chi connectivity index (χ0) is 12.7. The summed E-state index contributed by atoms with van der Waals surface area (Å²) in [6, 6.07) is 0. The molecule has 0 aromatic heterocycles. The van der Waals surface area contributed by atoms with Gasteiger partial charge in [0.15, 0.2) is 0 Å². The fourth-order valence-corrected chi connectivity index (χ4v) is 4.72. The molecule has 0 aromatic carbocycles. The Kier molecular flexibility index (Phi) is 3.60. The van der Waals surface area contributed by atoms with E-state index in [-0.39, 0.29) is 0 Å². The molecule has 3 atom stereocenters. The predicted molar refractivity (Wildman–Crippen MR) is 75.1 cm³/mol. The van der Waals surface area contributed by atoms with E-state index >= 15 is 0 Å². The second-order valence-electron chi connectivity index (χ2n) is 7.87. The van der Waals surface area contributed by atoms with Gasteiger partial charge in [0.05, 0.1) is 0 Å². The van der Waals surface area contributed by atoms with Gasteiger partial charge >= 0.3 is 0 Å². The molecule has 1 nitrogen and oxygen atoms in total. The van der Waals surface area contributed by atoms with Crippen LogP contribution in [-0.4, -0.2) is 12.1 Å². The molecule has 17 heavy (non-hydrogen) atoms. The molecule has 0 bridgehead atoms. The van der Waals surface area contributed by atoms with Crippen LogP contribution in [0.25, 0.3) is 0 Å². The highest BCUT2D eigenvalue weighted by molar-refractivity contribution is 5.07. The van der Waals surface area contributed by atoms with Crippen LogP contribution in [0.15, 0.2) is 0 Å². The highest BCUT2D eigenvalue weighted by Crippen LogP contribution is 2.49.